The molecule has 1 aromatic rings. The van der Waals surface area contributed by atoms with E-state index in [-0.39, 0.29) is 36.5 Å². The van der Waals surface area contributed by atoms with E-state index in [0.29, 0.717) is 64.8 Å². The van der Waals surface area contributed by atoms with E-state index >= 15 is 0 Å². The molecule has 1 aliphatic rings. The van der Waals surface area contributed by atoms with Crippen molar-refractivity contribution in [1.82, 2.24) is 20.2 Å². The van der Waals surface area contributed by atoms with Gasteiger partial charge in [0.1, 0.15) is 30.6 Å². The van der Waals surface area contributed by atoms with Gasteiger partial charge in [0.25, 0.3) is 5.56 Å². The number of amides is 2. The standard InChI is InChI=1S/C32H54N7O21P3S2/c1-4-12-51-17-18-52-16-11-35-31(43)55-15-9-32(2,3)65-64-23-53-13-5-6-14-54-30(42)34-10-7-8-24-20-39(29(41)37-28(24)40)27-19-25(56-22-36-38-33)26(58-27)21-57-62(47,48)60-63(49,50)59-61(44,45)46/h20,25-27H,4-6,9-19,21-23H2,1-3H3,(H,34,42)(H,35,43)(H,47,48)(H,49,50)(H,37,40,41)(H2,44,45,46)/t25-,26+,27+/m0/s1. The molecule has 0 radical (unpaired) electrons. The molecule has 1 aliphatic heterocycles. The number of unbranched alkanes of at least 4 members (excludes halogenated alkanes) is 1. The SMILES string of the molecule is CCCOCCOCCNC(=O)OCCC(C)(C)SSCOCCCCOC(=O)NCC#Cc1cn([C@H]2C[C@H](OCN=[N+]=[N-])[C@@H](COP(=O)(O)OP(=O)(O)OP(=O)(O)O)O2)c(=O)[nH]c1=O. The van der Waals surface area contributed by atoms with Crippen LogP contribution in [0.5, 0.6) is 0 Å². The van der Waals surface area contributed by atoms with Gasteiger partial charge in [-0.2, -0.15) is 8.62 Å². The summed E-state index contributed by atoms with van der Waals surface area (Å²) in [6.45, 7) is 7.44. The van der Waals surface area contributed by atoms with Gasteiger partial charge < -0.3 is 63.4 Å². The van der Waals surface area contributed by atoms with Crippen molar-refractivity contribution in [2.24, 2.45) is 5.11 Å². The predicted octanol–water partition coefficient (Wildman–Crippen LogP) is 3.37. The van der Waals surface area contributed by atoms with Crippen LogP contribution in [0.25, 0.3) is 10.4 Å². The van der Waals surface area contributed by atoms with Crippen LogP contribution in [0.2, 0.25) is 0 Å². The van der Waals surface area contributed by atoms with Gasteiger partial charge in [-0.3, -0.25) is 18.9 Å². The van der Waals surface area contributed by atoms with Crippen molar-refractivity contribution in [2.45, 2.75) is 76.1 Å². The first-order valence-electron chi connectivity index (χ1n) is 19.4. The van der Waals surface area contributed by atoms with Crippen molar-refractivity contribution < 1.29 is 89.2 Å². The number of carbonyl (C=O) groups is 2. The lowest BCUT2D eigenvalue weighted by Gasteiger charge is -2.22. The summed E-state index contributed by atoms with van der Waals surface area (Å²) in [7, 11) is -13.9. The Morgan fingerprint density at radius 3 is 2.38 bits per heavy atom. The zero-order valence-electron chi connectivity index (χ0n) is 35.5. The molecule has 2 unspecified atom stereocenters. The van der Waals surface area contributed by atoms with Crippen molar-refractivity contribution in [3.05, 3.63) is 43.0 Å². The minimum absolute atomic E-state index is 0.0912. The molecule has 0 aliphatic carbocycles. The van der Waals surface area contributed by atoms with Gasteiger partial charge in [0, 0.05) is 42.0 Å². The van der Waals surface area contributed by atoms with Gasteiger partial charge in [0.05, 0.1) is 52.3 Å². The van der Waals surface area contributed by atoms with E-state index in [0.717, 1.165) is 17.2 Å². The van der Waals surface area contributed by atoms with E-state index in [4.69, 9.17) is 48.5 Å². The Labute approximate surface area is 380 Å². The normalized spacial score (nSPS) is 18.0. The number of azide groups is 1. The lowest BCUT2D eigenvalue weighted by Crippen LogP contribution is -2.34. The number of rotatable bonds is 32. The van der Waals surface area contributed by atoms with E-state index in [1.165, 1.54) is 10.8 Å². The molecule has 1 aromatic heterocycles. The second-order valence-corrected chi connectivity index (χ2v) is 20.9. The quantitative estimate of drug-likeness (QED) is 0.00795. The summed E-state index contributed by atoms with van der Waals surface area (Å²) in [5.74, 6) is 5.47. The molecule has 33 heteroatoms. The van der Waals surface area contributed by atoms with Crippen LogP contribution in [0.15, 0.2) is 20.9 Å². The molecule has 5 atom stereocenters. The van der Waals surface area contributed by atoms with Gasteiger partial charge in [0.2, 0.25) is 0 Å². The summed E-state index contributed by atoms with van der Waals surface area (Å²) < 4.78 is 85.2. The third kappa shape index (κ3) is 26.8. The third-order valence-electron chi connectivity index (χ3n) is 7.74. The highest BCUT2D eigenvalue weighted by atomic mass is 33.1. The highest BCUT2D eigenvalue weighted by molar-refractivity contribution is 8.77. The maximum atomic E-state index is 12.7. The van der Waals surface area contributed by atoms with Crippen LogP contribution in [0, 0.1) is 11.8 Å². The Bertz CT molecular complexity index is 2030. The monoisotopic (exact) mass is 1030 g/mol. The van der Waals surface area contributed by atoms with Crippen LogP contribution < -0.4 is 21.9 Å². The average Bonchev–Trinajstić information content (AvgIpc) is 3.60. The van der Waals surface area contributed by atoms with E-state index in [1.54, 1.807) is 10.8 Å². The van der Waals surface area contributed by atoms with Crippen LogP contribution in [0.1, 0.15) is 64.7 Å². The minimum atomic E-state index is -5.82. The maximum absolute atomic E-state index is 12.7. The fourth-order valence-corrected chi connectivity index (χ4v) is 10.1. The van der Waals surface area contributed by atoms with E-state index in [9.17, 15) is 42.7 Å². The molecule has 2 heterocycles. The first-order chi connectivity index (χ1) is 30.7. The fraction of sp³-hybridized carbons (Fsp3) is 0.750. The van der Waals surface area contributed by atoms with Crippen molar-refractivity contribution in [1.29, 1.82) is 0 Å². The molecule has 0 bridgehead atoms. The molecule has 0 aromatic carbocycles. The second kappa shape index (κ2) is 30.4. The first kappa shape index (κ1) is 58.1. The van der Waals surface area contributed by atoms with Crippen molar-refractivity contribution in [3.8, 4) is 11.8 Å². The Hall–Kier alpha value is -3.00. The molecular weight excluding hydrogens is 975 g/mol. The Balaban J connectivity index is 1.71. The highest BCUT2D eigenvalue weighted by Gasteiger charge is 2.43. The summed E-state index contributed by atoms with van der Waals surface area (Å²) >= 11 is 0. The number of carbonyl (C=O) groups excluding carboxylic acids is 2. The number of phosphoric acid groups is 3. The maximum Gasteiger partial charge on any atom is 0.490 e. The number of H-pyrrole nitrogens is 1. The van der Waals surface area contributed by atoms with Crippen LogP contribution in [-0.4, -0.2) is 137 Å². The summed E-state index contributed by atoms with van der Waals surface area (Å²) in [6.07, 6.45) is -1.58. The number of aromatic nitrogens is 2. The Kier molecular flexibility index (Phi) is 27.2. The highest BCUT2D eigenvalue weighted by Crippen LogP contribution is 2.66. The Morgan fingerprint density at radius 2 is 1.68 bits per heavy atom. The fourth-order valence-electron chi connectivity index (χ4n) is 4.84. The third-order valence-corrected chi connectivity index (χ3v) is 14.6. The van der Waals surface area contributed by atoms with Gasteiger partial charge >= 0.3 is 41.3 Å². The molecule has 1 fully saturated rings. The second-order valence-electron chi connectivity index (χ2n) is 13.5. The van der Waals surface area contributed by atoms with Gasteiger partial charge in [0.15, 0.2) is 0 Å². The minimum Gasteiger partial charge on any atom is -0.450 e. The number of alkyl carbamates (subject to hydrolysis) is 2. The number of hydrogen-bond donors (Lipinski definition) is 7. The van der Waals surface area contributed by atoms with Crippen LogP contribution in [-0.2, 0) is 60.0 Å². The smallest absolute Gasteiger partial charge is 0.450 e. The molecule has 0 spiro atoms. The predicted molar refractivity (Wildman–Crippen MR) is 230 cm³/mol. The molecule has 370 valence electrons. The number of ether oxygens (including phenoxy) is 7. The number of aromatic amines is 1. The molecule has 2 rings (SSSR count). The molecule has 0 saturated carbocycles. The number of nitrogens with one attached hydrogen (secondary N) is 3. The zero-order valence-corrected chi connectivity index (χ0v) is 39.8. The topological polar surface area (TPSA) is 386 Å². The summed E-state index contributed by atoms with van der Waals surface area (Å²) in [6, 6.07) is 0. The Morgan fingerprint density at radius 1 is 0.985 bits per heavy atom. The van der Waals surface area contributed by atoms with Crippen LogP contribution >= 0.6 is 45.1 Å². The summed E-state index contributed by atoms with van der Waals surface area (Å²) in [5, 5.41) is 8.24. The molecule has 2 amide bonds. The van der Waals surface area contributed by atoms with Gasteiger partial charge in [-0.25, -0.2) is 28.1 Å². The van der Waals surface area contributed by atoms with Crippen molar-refractivity contribution in [2.75, 3.05) is 78.6 Å². The molecule has 28 nitrogen and oxygen atoms in total. The van der Waals surface area contributed by atoms with E-state index in [1.807, 2.05) is 25.8 Å². The van der Waals surface area contributed by atoms with Gasteiger partial charge in [-0.05, 0) is 45.1 Å². The summed E-state index contributed by atoms with van der Waals surface area (Å²) in [5.41, 5.74) is 6.47. The van der Waals surface area contributed by atoms with Crippen molar-refractivity contribution >= 4 is 57.2 Å². The van der Waals surface area contributed by atoms with Gasteiger partial charge in [-0.1, -0.05) is 45.5 Å². The van der Waals surface area contributed by atoms with Crippen LogP contribution in [0.4, 0.5) is 9.59 Å². The first-order valence-corrected chi connectivity index (χ1v) is 26.3. The zero-order chi connectivity index (χ0) is 48.4. The number of hydrogen-bond acceptors (Lipinski definition) is 20. The lowest BCUT2D eigenvalue weighted by atomic mass is 10.1. The molecule has 65 heavy (non-hydrogen) atoms. The van der Waals surface area contributed by atoms with Crippen LogP contribution in [0.3, 0.4) is 0 Å². The summed E-state index contributed by atoms with van der Waals surface area (Å²) in [4.78, 5) is 90.4. The molecular formula is C32H54N7O21P3S2. The average molecular weight is 1030 g/mol. The molecule has 7 N–H and O–H groups in total. The van der Waals surface area contributed by atoms with E-state index < -0.39 is 78.7 Å². The lowest BCUT2D eigenvalue weighted by molar-refractivity contribution is -0.0601. The van der Waals surface area contributed by atoms with Gasteiger partial charge in [-0.15, -0.1) is 0 Å². The van der Waals surface area contributed by atoms with E-state index in [2.05, 4.69) is 45.6 Å². The number of nitrogens with zero attached hydrogens (tertiary/aromatic N) is 4. The molecule has 1 saturated heterocycles. The largest absolute Gasteiger partial charge is 0.490 e. The van der Waals surface area contributed by atoms with Crippen molar-refractivity contribution in [3.63, 3.8) is 0 Å². The number of phosphoric ester groups is 1.